The molecule has 1 aromatic carbocycles. The Morgan fingerprint density at radius 3 is 2.00 bits per heavy atom. The van der Waals surface area contributed by atoms with Crippen LogP contribution in [0.25, 0.3) is 5.57 Å². The van der Waals surface area contributed by atoms with E-state index in [1.165, 1.54) is 74.5 Å². The molecule has 0 unspecified atom stereocenters. The van der Waals surface area contributed by atoms with E-state index in [1.54, 1.807) is 0 Å². The minimum absolute atomic E-state index is 1.15. The number of benzene rings is 1. The molecule has 0 aliphatic heterocycles. The Balaban J connectivity index is 2.31. The van der Waals surface area contributed by atoms with Gasteiger partial charge in [0.15, 0.2) is 0 Å². The van der Waals surface area contributed by atoms with E-state index in [2.05, 4.69) is 44.7 Å². The van der Waals surface area contributed by atoms with Gasteiger partial charge < -0.3 is 0 Å². The first kappa shape index (κ1) is 17.0. The first-order valence-corrected chi connectivity index (χ1v) is 8.55. The van der Waals surface area contributed by atoms with Gasteiger partial charge in [-0.25, -0.2) is 0 Å². The van der Waals surface area contributed by atoms with Crippen molar-refractivity contribution in [2.45, 2.75) is 78.1 Å². The van der Waals surface area contributed by atoms with Gasteiger partial charge >= 0.3 is 0 Å². The average molecular weight is 272 g/mol. The Bertz CT molecular complexity index is 358. The van der Waals surface area contributed by atoms with Crippen LogP contribution in [0.5, 0.6) is 0 Å². The van der Waals surface area contributed by atoms with Crippen molar-refractivity contribution in [2.24, 2.45) is 0 Å². The molecule has 0 aliphatic rings. The van der Waals surface area contributed by atoms with Crippen LogP contribution in [0.1, 0.15) is 82.8 Å². The molecule has 0 radical (unpaired) electrons. The zero-order valence-corrected chi connectivity index (χ0v) is 13.6. The van der Waals surface area contributed by atoms with Gasteiger partial charge in [0.05, 0.1) is 0 Å². The summed E-state index contributed by atoms with van der Waals surface area (Å²) in [6.45, 7) is 8.76. The molecule has 20 heavy (non-hydrogen) atoms. The highest BCUT2D eigenvalue weighted by Gasteiger charge is 2.00. The third-order valence-corrected chi connectivity index (χ3v) is 4.01. The third kappa shape index (κ3) is 6.93. The van der Waals surface area contributed by atoms with Crippen LogP contribution in [0.3, 0.4) is 0 Å². The summed E-state index contributed by atoms with van der Waals surface area (Å²) in [4.78, 5) is 0. The van der Waals surface area contributed by atoms with Crippen molar-refractivity contribution in [2.75, 3.05) is 0 Å². The third-order valence-electron chi connectivity index (χ3n) is 4.01. The van der Waals surface area contributed by atoms with Gasteiger partial charge in [-0.2, -0.15) is 0 Å². The number of unbranched alkanes of at least 4 members (excludes halogenated alkanes) is 6. The van der Waals surface area contributed by atoms with Gasteiger partial charge in [-0.1, -0.05) is 83.2 Å². The van der Waals surface area contributed by atoms with E-state index in [-0.39, 0.29) is 0 Å². The van der Waals surface area contributed by atoms with E-state index in [1.807, 2.05) is 0 Å². The maximum atomic E-state index is 4.24. The molecule has 0 aliphatic carbocycles. The number of hydrogen-bond acceptors (Lipinski definition) is 0. The number of allylic oxidation sites excluding steroid dienone is 1. The fourth-order valence-electron chi connectivity index (χ4n) is 2.57. The van der Waals surface area contributed by atoms with Crippen molar-refractivity contribution in [1.29, 1.82) is 0 Å². The van der Waals surface area contributed by atoms with E-state index in [4.69, 9.17) is 0 Å². The second-order valence-corrected chi connectivity index (χ2v) is 5.92. The lowest BCUT2D eigenvalue weighted by atomic mass is 9.98. The summed E-state index contributed by atoms with van der Waals surface area (Å²) in [5, 5.41) is 0. The van der Waals surface area contributed by atoms with Crippen LogP contribution >= 0.6 is 0 Å². The highest BCUT2D eigenvalue weighted by Crippen LogP contribution is 2.20. The first-order valence-electron chi connectivity index (χ1n) is 8.55. The van der Waals surface area contributed by atoms with Crippen LogP contribution in [0.15, 0.2) is 30.8 Å². The van der Waals surface area contributed by atoms with Gasteiger partial charge in [0.25, 0.3) is 0 Å². The molecular weight excluding hydrogens is 240 g/mol. The second-order valence-electron chi connectivity index (χ2n) is 5.92. The van der Waals surface area contributed by atoms with Crippen molar-refractivity contribution >= 4 is 5.57 Å². The molecule has 0 amide bonds. The van der Waals surface area contributed by atoms with Gasteiger partial charge in [-0.15, -0.1) is 0 Å². The average Bonchev–Trinajstić information content (AvgIpc) is 2.48. The van der Waals surface area contributed by atoms with Gasteiger partial charge in [0.1, 0.15) is 0 Å². The molecule has 0 bridgehead atoms. The monoisotopic (exact) mass is 272 g/mol. The topological polar surface area (TPSA) is 0 Å². The zero-order valence-electron chi connectivity index (χ0n) is 13.6. The van der Waals surface area contributed by atoms with Gasteiger partial charge in [-0.05, 0) is 42.4 Å². The summed E-state index contributed by atoms with van der Waals surface area (Å²) in [5.41, 5.74) is 4.11. The van der Waals surface area contributed by atoms with Crippen LogP contribution < -0.4 is 0 Å². The normalized spacial score (nSPS) is 10.7. The summed E-state index contributed by atoms with van der Waals surface area (Å²) >= 11 is 0. The maximum absolute atomic E-state index is 4.24. The van der Waals surface area contributed by atoms with E-state index < -0.39 is 0 Å². The number of aryl methyl sites for hydroxylation is 1. The largest absolute Gasteiger partial charge is 0.0952 e. The lowest BCUT2D eigenvalue weighted by Gasteiger charge is -2.07. The Hall–Kier alpha value is -1.04. The van der Waals surface area contributed by atoms with Gasteiger partial charge in [0.2, 0.25) is 0 Å². The summed E-state index contributed by atoms with van der Waals surface area (Å²) in [6, 6.07) is 9.10. The lowest BCUT2D eigenvalue weighted by Crippen LogP contribution is -1.88. The minimum atomic E-state index is 1.15. The molecule has 0 N–H and O–H groups in total. The molecule has 0 heterocycles. The fourth-order valence-corrected chi connectivity index (χ4v) is 2.57. The number of rotatable bonds is 11. The quantitative estimate of drug-likeness (QED) is 0.389. The van der Waals surface area contributed by atoms with E-state index in [0.29, 0.717) is 0 Å². The molecule has 112 valence electrons. The van der Waals surface area contributed by atoms with Gasteiger partial charge in [0, 0.05) is 0 Å². The van der Waals surface area contributed by atoms with Crippen LogP contribution in [0.4, 0.5) is 0 Å². The minimum Gasteiger partial charge on any atom is -0.0952 e. The van der Waals surface area contributed by atoms with Crippen molar-refractivity contribution < 1.29 is 0 Å². The highest BCUT2D eigenvalue weighted by molar-refractivity contribution is 5.63. The van der Waals surface area contributed by atoms with E-state index in [9.17, 15) is 0 Å². The first-order chi connectivity index (χ1) is 9.77. The Kier molecular flexibility index (Phi) is 9.11. The SMILES string of the molecule is C=C(CCCCCC)c1ccc(CCCCCC)cc1. The van der Waals surface area contributed by atoms with Gasteiger partial charge in [-0.3, -0.25) is 0 Å². The molecule has 1 aromatic rings. The van der Waals surface area contributed by atoms with Crippen molar-refractivity contribution in [3.8, 4) is 0 Å². The van der Waals surface area contributed by atoms with Crippen molar-refractivity contribution in [3.63, 3.8) is 0 Å². The standard InChI is InChI=1S/C20H32/c1-4-6-8-10-12-18(3)20-16-14-19(15-17-20)13-11-9-7-5-2/h14-17H,3-13H2,1-2H3. The smallest absolute Gasteiger partial charge is 0.0230 e. The molecule has 0 nitrogen and oxygen atoms in total. The predicted octanol–water partition coefficient (Wildman–Crippen LogP) is 6.79. The molecule has 0 saturated heterocycles. The molecule has 0 heteroatoms. The van der Waals surface area contributed by atoms with Crippen LogP contribution in [0.2, 0.25) is 0 Å². The molecule has 0 aromatic heterocycles. The van der Waals surface area contributed by atoms with Crippen LogP contribution in [0, 0.1) is 0 Å². The Labute approximate surface area is 126 Å². The predicted molar refractivity (Wildman–Crippen MR) is 92.1 cm³/mol. The molecule has 0 saturated carbocycles. The highest BCUT2D eigenvalue weighted by atomic mass is 14.1. The summed E-state index contributed by atoms with van der Waals surface area (Å²) < 4.78 is 0. The van der Waals surface area contributed by atoms with E-state index >= 15 is 0 Å². The van der Waals surface area contributed by atoms with E-state index in [0.717, 1.165) is 6.42 Å². The Morgan fingerprint density at radius 2 is 1.40 bits per heavy atom. The van der Waals surface area contributed by atoms with Crippen molar-refractivity contribution in [1.82, 2.24) is 0 Å². The summed E-state index contributed by atoms with van der Waals surface area (Å²) in [7, 11) is 0. The lowest BCUT2D eigenvalue weighted by molar-refractivity contribution is 0.667. The fraction of sp³-hybridized carbons (Fsp3) is 0.600. The summed E-state index contributed by atoms with van der Waals surface area (Å²) in [5.74, 6) is 0. The van der Waals surface area contributed by atoms with Crippen LogP contribution in [-0.4, -0.2) is 0 Å². The van der Waals surface area contributed by atoms with Crippen molar-refractivity contribution in [3.05, 3.63) is 42.0 Å². The summed E-state index contributed by atoms with van der Waals surface area (Å²) in [6.07, 6.45) is 13.0. The molecule has 1 rings (SSSR count). The maximum Gasteiger partial charge on any atom is -0.0230 e. The molecule has 0 atom stereocenters. The zero-order chi connectivity index (χ0) is 14.6. The second kappa shape index (κ2) is 10.7. The molecule has 0 fully saturated rings. The van der Waals surface area contributed by atoms with Crippen LogP contribution in [-0.2, 0) is 6.42 Å². The Morgan fingerprint density at radius 1 is 0.800 bits per heavy atom. The number of hydrogen-bond donors (Lipinski definition) is 0. The molecule has 0 spiro atoms. The molecular formula is C20H32.